The number of nitrogen functional groups attached to an aromatic ring is 1. The lowest BCUT2D eigenvalue weighted by Crippen LogP contribution is -2.44. The number of thiazole rings is 1. The highest BCUT2D eigenvalue weighted by molar-refractivity contribution is 7.18. The van der Waals surface area contributed by atoms with Crippen molar-refractivity contribution in [2.24, 2.45) is 5.92 Å². The monoisotopic (exact) mass is 282 g/mol. The van der Waals surface area contributed by atoms with Crippen molar-refractivity contribution in [1.29, 1.82) is 0 Å². The van der Waals surface area contributed by atoms with E-state index >= 15 is 0 Å². The predicted molar refractivity (Wildman–Crippen MR) is 79.7 cm³/mol. The summed E-state index contributed by atoms with van der Waals surface area (Å²) >= 11 is 1.37. The molecule has 0 saturated carbocycles. The minimum atomic E-state index is 0.0298. The van der Waals surface area contributed by atoms with Crippen molar-refractivity contribution in [3.05, 3.63) is 4.88 Å². The average molecular weight is 282 g/mol. The predicted octanol–water partition coefficient (Wildman–Crippen LogP) is 2.05. The van der Waals surface area contributed by atoms with Gasteiger partial charge in [0.25, 0.3) is 5.91 Å². The molecule has 0 radical (unpaired) electrons. The lowest BCUT2D eigenvalue weighted by molar-refractivity contribution is 0.0580. The number of carbonyl (C=O) groups excluding carboxylic acids is 1. The van der Waals surface area contributed by atoms with Crippen molar-refractivity contribution >= 4 is 28.2 Å². The van der Waals surface area contributed by atoms with Crippen LogP contribution in [0.25, 0.3) is 0 Å². The van der Waals surface area contributed by atoms with Crippen molar-refractivity contribution in [2.75, 3.05) is 31.3 Å². The van der Waals surface area contributed by atoms with Crippen LogP contribution in [0, 0.1) is 5.92 Å². The molecule has 106 valence electrons. The number of amides is 1. The third kappa shape index (κ3) is 2.83. The Balaban J connectivity index is 2.23. The molecule has 1 saturated heterocycles. The van der Waals surface area contributed by atoms with Crippen molar-refractivity contribution in [1.82, 2.24) is 9.88 Å². The van der Waals surface area contributed by atoms with Crippen LogP contribution in [0.3, 0.4) is 0 Å². The number of nitrogens with two attached hydrogens (primary N) is 1. The van der Waals surface area contributed by atoms with Crippen LogP contribution in [0.1, 0.15) is 36.4 Å². The second-order valence-electron chi connectivity index (χ2n) is 5.59. The van der Waals surface area contributed by atoms with Crippen LogP contribution in [-0.2, 0) is 0 Å². The van der Waals surface area contributed by atoms with E-state index in [2.05, 4.69) is 18.8 Å². The van der Waals surface area contributed by atoms with Gasteiger partial charge in [0, 0.05) is 26.7 Å². The molecule has 0 bridgehead atoms. The van der Waals surface area contributed by atoms with E-state index in [1.54, 1.807) is 0 Å². The van der Waals surface area contributed by atoms with Crippen molar-refractivity contribution in [3.8, 4) is 0 Å². The number of likely N-dealkylation sites (tertiary alicyclic amines) is 1. The van der Waals surface area contributed by atoms with Gasteiger partial charge in [0.05, 0.1) is 0 Å². The molecular weight excluding hydrogens is 260 g/mol. The Morgan fingerprint density at radius 2 is 2.11 bits per heavy atom. The molecule has 1 aromatic rings. The van der Waals surface area contributed by atoms with E-state index in [9.17, 15) is 4.79 Å². The van der Waals surface area contributed by atoms with Gasteiger partial charge in [-0.25, -0.2) is 4.98 Å². The summed E-state index contributed by atoms with van der Waals surface area (Å²) in [6, 6.07) is 0.285. The zero-order valence-electron chi connectivity index (χ0n) is 12.0. The second kappa shape index (κ2) is 5.36. The standard InChI is InChI=1S/C13H22N4OS/c1-8-5-6-9(2)17(7-8)12(18)10-11(14)15-13(19-10)16(3)4/h8-9H,5-7,14H2,1-4H3. The maximum atomic E-state index is 12.6. The molecule has 5 nitrogen and oxygen atoms in total. The lowest BCUT2D eigenvalue weighted by atomic mass is 9.95. The van der Waals surface area contributed by atoms with Crippen LogP contribution >= 0.6 is 11.3 Å². The normalized spacial score (nSPS) is 23.5. The molecule has 0 aliphatic carbocycles. The van der Waals surface area contributed by atoms with E-state index in [0.29, 0.717) is 16.6 Å². The first kappa shape index (κ1) is 14.1. The molecule has 2 heterocycles. The van der Waals surface area contributed by atoms with Crippen LogP contribution in [0.15, 0.2) is 0 Å². The maximum Gasteiger partial charge on any atom is 0.268 e. The van der Waals surface area contributed by atoms with Gasteiger partial charge in [0.2, 0.25) is 0 Å². The molecule has 6 heteroatoms. The minimum absolute atomic E-state index is 0.0298. The van der Waals surface area contributed by atoms with E-state index in [4.69, 9.17) is 5.73 Å². The summed E-state index contributed by atoms with van der Waals surface area (Å²) < 4.78 is 0. The Hall–Kier alpha value is -1.30. The molecule has 19 heavy (non-hydrogen) atoms. The molecular formula is C13H22N4OS. The van der Waals surface area contributed by atoms with E-state index in [1.807, 2.05) is 23.9 Å². The largest absolute Gasteiger partial charge is 0.382 e. The number of nitrogens with zero attached hydrogens (tertiary/aromatic N) is 3. The molecule has 2 unspecified atom stereocenters. The minimum Gasteiger partial charge on any atom is -0.382 e. The fourth-order valence-corrected chi connectivity index (χ4v) is 3.23. The summed E-state index contributed by atoms with van der Waals surface area (Å²) in [5, 5.41) is 0.776. The van der Waals surface area contributed by atoms with Crippen molar-refractivity contribution in [3.63, 3.8) is 0 Å². The second-order valence-corrected chi connectivity index (χ2v) is 6.57. The van der Waals surface area contributed by atoms with Gasteiger partial charge < -0.3 is 15.5 Å². The van der Waals surface area contributed by atoms with Gasteiger partial charge in [-0.2, -0.15) is 0 Å². The first-order chi connectivity index (χ1) is 8.90. The van der Waals surface area contributed by atoms with E-state index < -0.39 is 0 Å². The molecule has 1 fully saturated rings. The summed E-state index contributed by atoms with van der Waals surface area (Å²) in [6.45, 7) is 5.11. The molecule has 2 N–H and O–H groups in total. The number of rotatable bonds is 2. The van der Waals surface area contributed by atoms with Gasteiger partial charge in [0.1, 0.15) is 10.7 Å². The number of hydrogen-bond donors (Lipinski definition) is 1. The number of piperidine rings is 1. The van der Waals surface area contributed by atoms with E-state index in [1.165, 1.54) is 17.8 Å². The number of aromatic nitrogens is 1. The Labute approximate surface area is 118 Å². The zero-order chi connectivity index (χ0) is 14.2. The first-order valence-corrected chi connectivity index (χ1v) is 7.46. The number of anilines is 2. The summed E-state index contributed by atoms with van der Waals surface area (Å²) in [5.74, 6) is 0.939. The zero-order valence-corrected chi connectivity index (χ0v) is 12.8. The molecule has 1 amide bonds. The van der Waals surface area contributed by atoms with Crippen LogP contribution < -0.4 is 10.6 Å². The van der Waals surface area contributed by atoms with Crippen LogP contribution in [-0.4, -0.2) is 42.5 Å². The Morgan fingerprint density at radius 3 is 2.68 bits per heavy atom. The maximum absolute atomic E-state index is 12.6. The average Bonchev–Trinajstić information content (AvgIpc) is 2.74. The van der Waals surface area contributed by atoms with Gasteiger partial charge >= 0.3 is 0 Å². The highest BCUT2D eigenvalue weighted by Gasteiger charge is 2.30. The van der Waals surface area contributed by atoms with Gasteiger partial charge in [-0.15, -0.1) is 0 Å². The molecule has 1 aliphatic heterocycles. The van der Waals surface area contributed by atoms with Crippen LogP contribution in [0.4, 0.5) is 10.9 Å². The van der Waals surface area contributed by atoms with Crippen molar-refractivity contribution in [2.45, 2.75) is 32.7 Å². The van der Waals surface area contributed by atoms with Crippen molar-refractivity contribution < 1.29 is 4.79 Å². The summed E-state index contributed by atoms with van der Waals surface area (Å²) in [5.41, 5.74) is 5.89. The van der Waals surface area contributed by atoms with Gasteiger partial charge in [0.15, 0.2) is 5.13 Å². The SMILES string of the molecule is CC1CCC(C)N(C(=O)c2sc(N(C)C)nc2N)C1. The highest BCUT2D eigenvalue weighted by atomic mass is 32.1. The third-order valence-corrected chi connectivity index (χ3v) is 4.82. The molecule has 1 aromatic heterocycles. The van der Waals surface area contributed by atoms with Crippen LogP contribution in [0.2, 0.25) is 0 Å². The quantitative estimate of drug-likeness (QED) is 0.902. The van der Waals surface area contributed by atoms with Gasteiger partial charge in [-0.3, -0.25) is 4.79 Å². The smallest absolute Gasteiger partial charge is 0.268 e. The van der Waals surface area contributed by atoms with E-state index in [0.717, 1.165) is 18.1 Å². The van der Waals surface area contributed by atoms with Crippen LogP contribution in [0.5, 0.6) is 0 Å². The summed E-state index contributed by atoms with van der Waals surface area (Å²) in [6.07, 6.45) is 2.25. The third-order valence-electron chi connectivity index (χ3n) is 3.60. The fraction of sp³-hybridized carbons (Fsp3) is 0.692. The molecule has 1 aliphatic rings. The van der Waals surface area contributed by atoms with Gasteiger partial charge in [-0.1, -0.05) is 18.3 Å². The molecule has 2 rings (SSSR count). The highest BCUT2D eigenvalue weighted by Crippen LogP contribution is 2.30. The number of carbonyl (C=O) groups is 1. The number of hydrogen-bond acceptors (Lipinski definition) is 5. The summed E-state index contributed by atoms with van der Waals surface area (Å²) in [4.78, 5) is 21.2. The fourth-order valence-electron chi connectivity index (χ4n) is 2.37. The Morgan fingerprint density at radius 1 is 1.42 bits per heavy atom. The lowest BCUT2D eigenvalue weighted by Gasteiger charge is -2.36. The topological polar surface area (TPSA) is 62.5 Å². The Bertz CT molecular complexity index is 471. The Kier molecular flexibility index (Phi) is 3.99. The molecule has 2 atom stereocenters. The van der Waals surface area contributed by atoms with Gasteiger partial charge in [-0.05, 0) is 25.7 Å². The molecule has 0 aromatic carbocycles. The molecule has 0 spiro atoms. The first-order valence-electron chi connectivity index (χ1n) is 6.64. The van der Waals surface area contributed by atoms with E-state index in [-0.39, 0.29) is 11.9 Å². The summed E-state index contributed by atoms with van der Waals surface area (Å²) in [7, 11) is 3.80.